The molecule has 0 bridgehead atoms. The van der Waals surface area contributed by atoms with Gasteiger partial charge in [-0.05, 0) is 47.0 Å². The van der Waals surface area contributed by atoms with E-state index in [0.717, 1.165) is 15.4 Å². The molecule has 28 heavy (non-hydrogen) atoms. The van der Waals surface area contributed by atoms with E-state index >= 15 is 0 Å². The summed E-state index contributed by atoms with van der Waals surface area (Å²) in [5.74, 6) is -1.17. The fraction of sp³-hybridized carbons (Fsp3) is 0.0952. The molecule has 1 N–H and O–H groups in total. The Bertz CT molecular complexity index is 1140. The average Bonchev–Trinajstić information content (AvgIpc) is 3.09. The molecule has 0 amide bonds. The normalized spacial score (nSPS) is 16.0. The van der Waals surface area contributed by atoms with Crippen LogP contribution in [-0.2, 0) is 21.2 Å². The largest absolute Gasteiger partial charge is 0.480 e. The van der Waals surface area contributed by atoms with Crippen molar-refractivity contribution in [1.29, 1.82) is 0 Å². The highest BCUT2D eigenvalue weighted by Gasteiger charge is 2.42. The van der Waals surface area contributed by atoms with Gasteiger partial charge in [0.05, 0.1) is 10.6 Å². The summed E-state index contributed by atoms with van der Waals surface area (Å²) >= 11 is 5.90. The maximum atomic E-state index is 13.2. The molecule has 0 spiro atoms. The number of hydrogen-bond donors (Lipinski definition) is 1. The number of anilines is 1. The molecule has 142 valence electrons. The zero-order valence-electron chi connectivity index (χ0n) is 14.6. The summed E-state index contributed by atoms with van der Waals surface area (Å²) in [5.41, 5.74) is 2.86. The van der Waals surface area contributed by atoms with Crippen molar-refractivity contribution in [2.24, 2.45) is 0 Å². The molecule has 4 rings (SSSR count). The molecule has 1 atom stereocenters. The maximum absolute atomic E-state index is 13.2. The quantitative estimate of drug-likeness (QED) is 0.695. The zero-order chi connectivity index (χ0) is 19.9. The van der Waals surface area contributed by atoms with Crippen LogP contribution in [0.15, 0.2) is 77.7 Å². The Morgan fingerprint density at radius 2 is 1.50 bits per heavy atom. The number of carboxylic acids is 1. The first-order valence-corrected chi connectivity index (χ1v) is 10.4. The summed E-state index contributed by atoms with van der Waals surface area (Å²) < 4.78 is 27.5. The number of halogens is 1. The molecule has 5 nitrogen and oxygen atoms in total. The summed E-state index contributed by atoms with van der Waals surface area (Å²) in [7, 11) is -4.02. The molecule has 1 unspecified atom stereocenters. The summed E-state index contributed by atoms with van der Waals surface area (Å²) in [6, 6.07) is 19.3. The minimum atomic E-state index is -4.02. The van der Waals surface area contributed by atoms with E-state index in [2.05, 4.69) is 0 Å². The Hall–Kier alpha value is -2.83. The predicted octanol–water partition coefficient (Wildman–Crippen LogP) is 4.21. The molecule has 3 aromatic carbocycles. The van der Waals surface area contributed by atoms with E-state index in [1.165, 1.54) is 12.1 Å². The number of carboxylic acid groups (broad SMARTS) is 1. The molecule has 1 aliphatic heterocycles. The highest BCUT2D eigenvalue weighted by atomic mass is 35.5. The average molecular weight is 414 g/mol. The Morgan fingerprint density at radius 3 is 2.11 bits per heavy atom. The maximum Gasteiger partial charge on any atom is 0.327 e. The number of benzene rings is 3. The second-order valence-electron chi connectivity index (χ2n) is 6.52. The van der Waals surface area contributed by atoms with Crippen molar-refractivity contribution in [1.82, 2.24) is 0 Å². The molecule has 0 aliphatic carbocycles. The van der Waals surface area contributed by atoms with Gasteiger partial charge in [0.1, 0.15) is 6.04 Å². The number of fused-ring (bicyclic) bond motifs is 1. The molecule has 3 aromatic rings. The fourth-order valence-electron chi connectivity index (χ4n) is 3.42. The van der Waals surface area contributed by atoms with Crippen LogP contribution in [0.2, 0.25) is 5.02 Å². The predicted molar refractivity (Wildman–Crippen MR) is 108 cm³/mol. The van der Waals surface area contributed by atoms with Gasteiger partial charge in [-0.2, -0.15) is 0 Å². The van der Waals surface area contributed by atoms with Gasteiger partial charge in [0.25, 0.3) is 10.0 Å². The number of aliphatic carboxylic acids is 1. The Labute approximate surface area is 167 Å². The van der Waals surface area contributed by atoms with Gasteiger partial charge in [0.2, 0.25) is 0 Å². The summed E-state index contributed by atoms with van der Waals surface area (Å²) in [6.45, 7) is 0. The molecule has 0 saturated carbocycles. The van der Waals surface area contributed by atoms with Gasteiger partial charge in [-0.3, -0.25) is 4.31 Å². The highest BCUT2D eigenvalue weighted by Crippen LogP contribution is 2.37. The standard InChI is InChI=1S/C21H16ClNO4S/c22-17-9-5-14(6-10-17)15-7-11-18(12-8-15)28(26,27)23-19-4-2-1-3-16(19)13-20(23)21(24)25/h1-12,20H,13H2,(H,24,25). The van der Waals surface area contributed by atoms with Crippen molar-refractivity contribution < 1.29 is 18.3 Å². The van der Waals surface area contributed by atoms with Crippen molar-refractivity contribution in [3.8, 4) is 11.1 Å². The first kappa shape index (κ1) is 18.5. The topological polar surface area (TPSA) is 74.7 Å². The second-order valence-corrected chi connectivity index (χ2v) is 8.77. The molecule has 0 radical (unpaired) electrons. The first-order chi connectivity index (χ1) is 13.4. The molecular weight excluding hydrogens is 398 g/mol. The molecule has 1 aliphatic rings. The molecule has 0 saturated heterocycles. The third kappa shape index (κ3) is 3.15. The van der Waals surface area contributed by atoms with Crippen LogP contribution >= 0.6 is 11.6 Å². The Morgan fingerprint density at radius 1 is 0.929 bits per heavy atom. The number of hydrogen-bond acceptors (Lipinski definition) is 3. The SMILES string of the molecule is O=C(O)C1Cc2ccccc2N1S(=O)(=O)c1ccc(-c2ccc(Cl)cc2)cc1. The summed E-state index contributed by atoms with van der Waals surface area (Å²) in [6.07, 6.45) is 0.146. The highest BCUT2D eigenvalue weighted by molar-refractivity contribution is 7.93. The zero-order valence-corrected chi connectivity index (χ0v) is 16.2. The minimum absolute atomic E-state index is 0.0492. The van der Waals surface area contributed by atoms with E-state index in [4.69, 9.17) is 11.6 Å². The number of carbonyl (C=O) groups is 1. The number of sulfonamides is 1. The van der Waals surface area contributed by atoms with E-state index in [9.17, 15) is 18.3 Å². The van der Waals surface area contributed by atoms with Crippen LogP contribution in [0, 0.1) is 0 Å². The van der Waals surface area contributed by atoms with Crippen LogP contribution in [0.5, 0.6) is 0 Å². The molecule has 1 heterocycles. The Balaban J connectivity index is 1.73. The van der Waals surface area contributed by atoms with Crippen LogP contribution in [0.3, 0.4) is 0 Å². The van der Waals surface area contributed by atoms with Crippen LogP contribution in [0.25, 0.3) is 11.1 Å². The van der Waals surface area contributed by atoms with E-state index in [1.54, 1.807) is 48.5 Å². The number of rotatable bonds is 4. The minimum Gasteiger partial charge on any atom is -0.480 e. The molecule has 0 aromatic heterocycles. The monoisotopic (exact) mass is 413 g/mol. The smallest absolute Gasteiger partial charge is 0.327 e. The van der Waals surface area contributed by atoms with E-state index in [0.29, 0.717) is 16.3 Å². The molecule has 7 heteroatoms. The lowest BCUT2D eigenvalue weighted by Gasteiger charge is -2.24. The lowest BCUT2D eigenvalue weighted by atomic mass is 10.1. The molecule has 0 fully saturated rings. The van der Waals surface area contributed by atoms with E-state index < -0.39 is 22.0 Å². The second kappa shape index (κ2) is 6.96. The number of para-hydroxylation sites is 1. The van der Waals surface area contributed by atoms with Crippen LogP contribution < -0.4 is 4.31 Å². The van der Waals surface area contributed by atoms with Crippen molar-refractivity contribution in [2.45, 2.75) is 17.4 Å². The van der Waals surface area contributed by atoms with Gasteiger partial charge in [0, 0.05) is 11.4 Å². The van der Waals surface area contributed by atoms with Crippen LogP contribution in [0.4, 0.5) is 5.69 Å². The van der Waals surface area contributed by atoms with E-state index in [-0.39, 0.29) is 11.3 Å². The van der Waals surface area contributed by atoms with Crippen molar-refractivity contribution in [3.05, 3.63) is 83.4 Å². The lowest BCUT2D eigenvalue weighted by molar-refractivity contribution is -0.138. The summed E-state index contributed by atoms with van der Waals surface area (Å²) in [5, 5.41) is 10.2. The van der Waals surface area contributed by atoms with Gasteiger partial charge in [0.15, 0.2) is 0 Å². The van der Waals surface area contributed by atoms with Crippen molar-refractivity contribution in [2.75, 3.05) is 4.31 Å². The van der Waals surface area contributed by atoms with Crippen molar-refractivity contribution in [3.63, 3.8) is 0 Å². The lowest BCUT2D eigenvalue weighted by Crippen LogP contribution is -2.42. The third-order valence-electron chi connectivity index (χ3n) is 4.80. The summed E-state index contributed by atoms with van der Waals surface area (Å²) in [4.78, 5) is 11.8. The Kier molecular flexibility index (Phi) is 4.61. The molecular formula is C21H16ClNO4S. The van der Waals surface area contributed by atoms with Gasteiger partial charge >= 0.3 is 5.97 Å². The van der Waals surface area contributed by atoms with Crippen molar-refractivity contribution >= 4 is 33.3 Å². The van der Waals surface area contributed by atoms with Gasteiger partial charge in [-0.25, -0.2) is 13.2 Å². The van der Waals surface area contributed by atoms with E-state index in [1.807, 2.05) is 12.1 Å². The first-order valence-electron chi connectivity index (χ1n) is 8.59. The van der Waals surface area contributed by atoms with Gasteiger partial charge in [-0.1, -0.05) is 54.1 Å². The van der Waals surface area contributed by atoms with Crippen LogP contribution in [-0.4, -0.2) is 25.5 Å². The van der Waals surface area contributed by atoms with Crippen LogP contribution in [0.1, 0.15) is 5.56 Å². The van der Waals surface area contributed by atoms with Gasteiger partial charge < -0.3 is 5.11 Å². The fourth-order valence-corrected chi connectivity index (χ4v) is 5.19. The third-order valence-corrected chi connectivity index (χ3v) is 6.89. The van der Waals surface area contributed by atoms with Gasteiger partial charge in [-0.15, -0.1) is 0 Å². The number of nitrogens with zero attached hydrogens (tertiary/aromatic N) is 1.